The number of hydrogen-bond acceptors (Lipinski definition) is 5. The van der Waals surface area contributed by atoms with Crippen LogP contribution in [-0.2, 0) is 6.54 Å². The number of halogens is 2. The number of anilines is 1. The smallest absolute Gasteiger partial charge is 0.223 e. The van der Waals surface area contributed by atoms with Crippen LogP contribution in [0.2, 0.25) is 5.02 Å². The van der Waals surface area contributed by atoms with Crippen molar-refractivity contribution < 1.29 is 8.91 Å². The van der Waals surface area contributed by atoms with Gasteiger partial charge in [-0.05, 0) is 18.2 Å². The molecule has 1 fully saturated rings. The third kappa shape index (κ3) is 3.33. The van der Waals surface area contributed by atoms with Gasteiger partial charge in [0.15, 0.2) is 5.82 Å². The first-order valence-electron chi connectivity index (χ1n) is 6.83. The summed E-state index contributed by atoms with van der Waals surface area (Å²) >= 11 is 6.10. The molecule has 3 rings (SSSR count). The fourth-order valence-electron chi connectivity index (χ4n) is 2.49. The van der Waals surface area contributed by atoms with Crippen LogP contribution in [0, 0.1) is 12.7 Å². The normalized spacial score (nSPS) is 16.4. The summed E-state index contributed by atoms with van der Waals surface area (Å²) < 4.78 is 18.1. The Balaban J connectivity index is 1.59. The molecular weight excluding hydrogens is 295 g/mol. The SMILES string of the molecule is Cc1nc(CN2CCN(c3ccc(F)cc3Cl)CC2)no1. The van der Waals surface area contributed by atoms with E-state index in [1.54, 1.807) is 13.0 Å². The average molecular weight is 311 g/mol. The number of rotatable bonds is 3. The summed E-state index contributed by atoms with van der Waals surface area (Å²) in [4.78, 5) is 8.64. The molecule has 0 aliphatic carbocycles. The van der Waals surface area contributed by atoms with Crippen LogP contribution in [0.15, 0.2) is 22.7 Å². The maximum atomic E-state index is 13.1. The van der Waals surface area contributed by atoms with E-state index in [-0.39, 0.29) is 5.82 Å². The van der Waals surface area contributed by atoms with Gasteiger partial charge >= 0.3 is 0 Å². The van der Waals surface area contributed by atoms with E-state index in [4.69, 9.17) is 16.1 Å². The van der Waals surface area contributed by atoms with Gasteiger partial charge in [0.1, 0.15) is 5.82 Å². The Bertz CT molecular complexity index is 625. The Kier molecular flexibility index (Phi) is 4.07. The van der Waals surface area contributed by atoms with Gasteiger partial charge in [0.2, 0.25) is 5.89 Å². The highest BCUT2D eigenvalue weighted by Crippen LogP contribution is 2.27. The van der Waals surface area contributed by atoms with Crippen LogP contribution in [0.5, 0.6) is 0 Å². The molecule has 0 bridgehead atoms. The van der Waals surface area contributed by atoms with E-state index in [0.717, 1.165) is 31.9 Å². The Hall–Kier alpha value is -1.66. The van der Waals surface area contributed by atoms with E-state index in [1.165, 1.54) is 12.1 Å². The van der Waals surface area contributed by atoms with E-state index in [9.17, 15) is 4.39 Å². The van der Waals surface area contributed by atoms with Crippen molar-refractivity contribution in [2.75, 3.05) is 31.1 Å². The summed E-state index contributed by atoms with van der Waals surface area (Å²) in [5.74, 6) is 0.984. The Morgan fingerprint density at radius 2 is 2.05 bits per heavy atom. The van der Waals surface area contributed by atoms with E-state index in [1.807, 2.05) is 0 Å². The molecule has 0 N–H and O–H groups in total. The lowest BCUT2D eigenvalue weighted by Crippen LogP contribution is -2.46. The van der Waals surface area contributed by atoms with Gasteiger partial charge in [-0.15, -0.1) is 0 Å². The molecule has 1 aliphatic rings. The minimum atomic E-state index is -0.310. The van der Waals surface area contributed by atoms with Crippen LogP contribution < -0.4 is 4.90 Å². The minimum absolute atomic E-state index is 0.310. The molecule has 1 saturated heterocycles. The van der Waals surface area contributed by atoms with Crippen molar-refractivity contribution in [2.45, 2.75) is 13.5 Å². The zero-order valence-corrected chi connectivity index (χ0v) is 12.5. The first-order chi connectivity index (χ1) is 10.1. The maximum absolute atomic E-state index is 13.1. The largest absolute Gasteiger partial charge is 0.368 e. The number of benzene rings is 1. The molecule has 0 atom stereocenters. The fraction of sp³-hybridized carbons (Fsp3) is 0.429. The Morgan fingerprint density at radius 1 is 1.29 bits per heavy atom. The lowest BCUT2D eigenvalue weighted by molar-refractivity contribution is 0.240. The zero-order valence-electron chi connectivity index (χ0n) is 11.7. The van der Waals surface area contributed by atoms with Crippen LogP contribution >= 0.6 is 11.6 Å². The Labute approximate surface area is 127 Å². The van der Waals surface area contributed by atoms with Gasteiger partial charge in [0.05, 0.1) is 17.3 Å². The molecular formula is C14H16ClFN4O. The minimum Gasteiger partial charge on any atom is -0.368 e. The standard InChI is InChI=1S/C14H16ClFN4O/c1-10-17-14(18-21-10)9-19-4-6-20(7-5-19)13-3-2-11(16)8-12(13)15/h2-3,8H,4-7,9H2,1H3. The first kappa shape index (κ1) is 14.3. The zero-order chi connectivity index (χ0) is 14.8. The monoisotopic (exact) mass is 310 g/mol. The molecule has 5 nitrogen and oxygen atoms in total. The van der Waals surface area contributed by atoms with Crippen LogP contribution in [0.1, 0.15) is 11.7 Å². The summed E-state index contributed by atoms with van der Waals surface area (Å²) in [7, 11) is 0. The Morgan fingerprint density at radius 3 is 2.67 bits per heavy atom. The highest BCUT2D eigenvalue weighted by atomic mass is 35.5. The summed E-state index contributed by atoms with van der Waals surface area (Å²) in [5.41, 5.74) is 0.883. The second kappa shape index (κ2) is 5.99. The average Bonchev–Trinajstić information content (AvgIpc) is 2.85. The van der Waals surface area contributed by atoms with Gasteiger partial charge < -0.3 is 9.42 Å². The molecule has 7 heteroatoms. The maximum Gasteiger partial charge on any atom is 0.223 e. The van der Waals surface area contributed by atoms with Crippen LogP contribution in [0.3, 0.4) is 0 Å². The topological polar surface area (TPSA) is 45.4 Å². The highest BCUT2D eigenvalue weighted by molar-refractivity contribution is 6.33. The molecule has 1 aromatic carbocycles. The number of nitrogens with zero attached hydrogens (tertiary/aromatic N) is 4. The molecule has 0 amide bonds. The van der Waals surface area contributed by atoms with E-state index < -0.39 is 0 Å². The molecule has 0 saturated carbocycles. The predicted molar refractivity (Wildman–Crippen MR) is 77.9 cm³/mol. The molecule has 2 aromatic rings. The van der Waals surface area contributed by atoms with E-state index in [0.29, 0.717) is 23.3 Å². The predicted octanol–water partition coefficient (Wildman–Crippen LogP) is 2.49. The second-order valence-electron chi connectivity index (χ2n) is 5.09. The molecule has 0 unspecified atom stereocenters. The van der Waals surface area contributed by atoms with Gasteiger partial charge in [-0.3, -0.25) is 4.90 Å². The van der Waals surface area contributed by atoms with E-state index >= 15 is 0 Å². The number of aromatic nitrogens is 2. The molecule has 1 aliphatic heterocycles. The second-order valence-corrected chi connectivity index (χ2v) is 5.50. The molecule has 2 heterocycles. The van der Waals surface area contributed by atoms with Gasteiger partial charge in [0.25, 0.3) is 0 Å². The summed E-state index contributed by atoms with van der Waals surface area (Å²) in [6, 6.07) is 4.52. The summed E-state index contributed by atoms with van der Waals surface area (Å²) in [5, 5.41) is 4.36. The third-order valence-electron chi connectivity index (χ3n) is 3.56. The molecule has 0 radical (unpaired) electrons. The third-order valence-corrected chi connectivity index (χ3v) is 3.86. The van der Waals surface area contributed by atoms with Crippen LogP contribution in [0.25, 0.3) is 0 Å². The molecule has 21 heavy (non-hydrogen) atoms. The fourth-order valence-corrected chi connectivity index (χ4v) is 2.78. The van der Waals surface area contributed by atoms with E-state index in [2.05, 4.69) is 19.9 Å². The quantitative estimate of drug-likeness (QED) is 0.871. The summed E-state index contributed by atoms with van der Waals surface area (Å²) in [6.07, 6.45) is 0. The highest BCUT2D eigenvalue weighted by Gasteiger charge is 2.20. The van der Waals surface area contributed by atoms with Gasteiger partial charge in [-0.2, -0.15) is 4.98 Å². The number of aryl methyl sites for hydroxylation is 1. The lowest BCUT2D eigenvalue weighted by atomic mass is 10.2. The van der Waals surface area contributed by atoms with Crippen molar-refractivity contribution in [3.8, 4) is 0 Å². The summed E-state index contributed by atoms with van der Waals surface area (Å²) in [6.45, 7) is 5.89. The van der Waals surface area contributed by atoms with Crippen molar-refractivity contribution in [3.63, 3.8) is 0 Å². The van der Waals surface area contributed by atoms with Gasteiger partial charge in [-0.25, -0.2) is 4.39 Å². The van der Waals surface area contributed by atoms with Crippen molar-refractivity contribution in [1.82, 2.24) is 15.0 Å². The van der Waals surface area contributed by atoms with Gasteiger partial charge in [-0.1, -0.05) is 16.8 Å². The molecule has 1 aromatic heterocycles. The van der Waals surface area contributed by atoms with Crippen molar-refractivity contribution >= 4 is 17.3 Å². The van der Waals surface area contributed by atoms with Crippen molar-refractivity contribution in [1.29, 1.82) is 0 Å². The molecule has 112 valence electrons. The molecule has 0 spiro atoms. The first-order valence-corrected chi connectivity index (χ1v) is 7.21. The van der Waals surface area contributed by atoms with Crippen LogP contribution in [0.4, 0.5) is 10.1 Å². The lowest BCUT2D eigenvalue weighted by Gasteiger charge is -2.35. The van der Waals surface area contributed by atoms with Crippen molar-refractivity contribution in [3.05, 3.63) is 40.8 Å². The number of hydrogen-bond donors (Lipinski definition) is 0. The van der Waals surface area contributed by atoms with Gasteiger partial charge in [0, 0.05) is 33.1 Å². The van der Waals surface area contributed by atoms with Crippen molar-refractivity contribution in [2.24, 2.45) is 0 Å². The number of piperazine rings is 1. The van der Waals surface area contributed by atoms with Crippen LogP contribution in [-0.4, -0.2) is 41.2 Å².